The van der Waals surface area contributed by atoms with Crippen LogP contribution in [-0.2, 0) is 32.0 Å². The molecule has 4 amide bonds. The minimum atomic E-state index is -1.38. The van der Waals surface area contributed by atoms with Crippen LogP contribution in [0.25, 0.3) is 11.1 Å². The Hall–Kier alpha value is -4.32. The maximum absolute atomic E-state index is 14.0. The summed E-state index contributed by atoms with van der Waals surface area (Å²) in [5, 5.41) is 65.0. The lowest BCUT2D eigenvalue weighted by atomic mass is 9.95. The van der Waals surface area contributed by atoms with Crippen molar-refractivity contribution >= 4 is 23.6 Å². The first kappa shape index (κ1) is 40.1. The minimum absolute atomic E-state index is 0.0371. The SMILES string of the molecule is CNCCNC(=O)[C@H](C[C@@H](O)CNC)NC(=O)[C@@H]1Cc2cc(ccc2O)-c2ccc(O)c(c2)C[C@H](NC)C(=O)N[C@@H](C[C@@H](O)CNC)C(=O)N1. The van der Waals surface area contributed by atoms with E-state index in [2.05, 4.69) is 42.5 Å². The fourth-order valence-electron chi connectivity index (χ4n) is 5.73. The van der Waals surface area contributed by atoms with Crippen LogP contribution in [0.2, 0.25) is 0 Å². The number of amides is 4. The molecule has 2 aromatic rings. The van der Waals surface area contributed by atoms with Crippen LogP contribution in [0.3, 0.4) is 0 Å². The molecule has 50 heavy (non-hydrogen) atoms. The lowest BCUT2D eigenvalue weighted by Gasteiger charge is -2.28. The van der Waals surface area contributed by atoms with Gasteiger partial charge in [0.1, 0.15) is 29.6 Å². The van der Waals surface area contributed by atoms with E-state index in [1.807, 2.05) is 0 Å². The molecule has 1 aliphatic heterocycles. The Morgan fingerprint density at radius 3 is 1.98 bits per heavy atom. The molecule has 4 bridgehead atoms. The first-order chi connectivity index (χ1) is 23.9. The average molecular weight is 701 g/mol. The van der Waals surface area contributed by atoms with Gasteiger partial charge in [-0.25, -0.2) is 0 Å². The monoisotopic (exact) mass is 700 g/mol. The van der Waals surface area contributed by atoms with E-state index in [1.165, 1.54) is 12.1 Å². The zero-order chi connectivity index (χ0) is 36.8. The van der Waals surface area contributed by atoms with Crippen LogP contribution in [0, 0.1) is 0 Å². The maximum Gasteiger partial charge on any atom is 0.243 e. The van der Waals surface area contributed by atoms with E-state index in [9.17, 15) is 39.6 Å². The number of phenols is 2. The summed E-state index contributed by atoms with van der Waals surface area (Å²) in [6, 6.07) is 4.92. The van der Waals surface area contributed by atoms with Gasteiger partial charge >= 0.3 is 0 Å². The van der Waals surface area contributed by atoms with E-state index < -0.39 is 60.0 Å². The van der Waals surface area contributed by atoms with Crippen molar-refractivity contribution in [2.75, 3.05) is 54.4 Å². The summed E-state index contributed by atoms with van der Waals surface area (Å²) in [6.45, 7) is 0.982. The number of likely N-dealkylation sites (N-methyl/N-ethyl adjacent to an activating group) is 4. The zero-order valence-corrected chi connectivity index (χ0v) is 29.0. The summed E-state index contributed by atoms with van der Waals surface area (Å²) in [7, 11) is 6.54. The Morgan fingerprint density at radius 1 is 0.800 bits per heavy atom. The summed E-state index contributed by atoms with van der Waals surface area (Å²) in [5.74, 6) is -2.88. The molecule has 0 saturated heterocycles. The molecular weight excluding hydrogens is 648 g/mol. The van der Waals surface area contributed by atoms with Gasteiger partial charge in [-0.05, 0) is 74.7 Å². The molecule has 0 spiro atoms. The van der Waals surface area contributed by atoms with Crippen LogP contribution in [0.1, 0.15) is 24.0 Å². The van der Waals surface area contributed by atoms with Gasteiger partial charge in [0.15, 0.2) is 0 Å². The molecule has 16 nitrogen and oxygen atoms in total. The second kappa shape index (κ2) is 19.8. The molecule has 1 heterocycles. The highest BCUT2D eigenvalue weighted by molar-refractivity contribution is 5.95. The molecule has 0 saturated carbocycles. The third-order valence-corrected chi connectivity index (χ3v) is 8.47. The number of rotatable bonds is 15. The van der Waals surface area contributed by atoms with Crippen molar-refractivity contribution in [1.82, 2.24) is 42.5 Å². The fourth-order valence-corrected chi connectivity index (χ4v) is 5.73. The number of carbonyl (C=O) groups excluding carboxylic acids is 4. The zero-order valence-electron chi connectivity index (χ0n) is 29.0. The lowest BCUT2D eigenvalue weighted by molar-refractivity contribution is -0.134. The van der Waals surface area contributed by atoms with Crippen LogP contribution in [0.15, 0.2) is 36.4 Å². The first-order valence-electron chi connectivity index (χ1n) is 16.7. The topological polar surface area (TPSA) is 245 Å². The molecule has 6 atom stereocenters. The molecule has 0 aromatic heterocycles. The van der Waals surface area contributed by atoms with Gasteiger partial charge in [-0.15, -0.1) is 0 Å². The average Bonchev–Trinajstić information content (AvgIpc) is 3.07. The molecule has 0 aliphatic carbocycles. The Labute approximate surface area is 292 Å². The van der Waals surface area contributed by atoms with E-state index in [1.54, 1.807) is 52.5 Å². The Balaban J connectivity index is 2.09. The summed E-state index contributed by atoms with van der Waals surface area (Å²) >= 11 is 0. The van der Waals surface area contributed by atoms with Crippen molar-refractivity contribution in [2.24, 2.45) is 0 Å². The van der Waals surface area contributed by atoms with Gasteiger partial charge in [0.05, 0.1) is 18.2 Å². The summed E-state index contributed by atoms with van der Waals surface area (Å²) in [5.41, 5.74) is 2.05. The summed E-state index contributed by atoms with van der Waals surface area (Å²) in [6.07, 6.45) is -2.57. The lowest BCUT2D eigenvalue weighted by Crippen LogP contribution is -2.59. The molecular formula is C34H52N8O8. The second-order valence-electron chi connectivity index (χ2n) is 12.4. The summed E-state index contributed by atoms with van der Waals surface area (Å²) in [4.78, 5) is 54.7. The van der Waals surface area contributed by atoms with Crippen LogP contribution >= 0.6 is 0 Å². The molecule has 0 unspecified atom stereocenters. The maximum atomic E-state index is 14.0. The number of hydrogen-bond donors (Lipinski definition) is 12. The van der Waals surface area contributed by atoms with Crippen LogP contribution in [0.5, 0.6) is 11.5 Å². The second-order valence-corrected chi connectivity index (χ2v) is 12.4. The number of nitrogens with one attached hydrogen (secondary N) is 8. The molecule has 1 aliphatic rings. The third kappa shape index (κ3) is 11.6. The number of aliphatic hydroxyl groups is 2. The number of carbonyl (C=O) groups is 4. The fraction of sp³-hybridized carbons (Fsp3) is 0.529. The highest BCUT2D eigenvalue weighted by atomic mass is 16.3. The van der Waals surface area contributed by atoms with Crippen molar-refractivity contribution < 1.29 is 39.6 Å². The van der Waals surface area contributed by atoms with E-state index in [0.717, 1.165) is 0 Å². The molecule has 16 heteroatoms. The number of aliphatic hydroxyl groups excluding tert-OH is 2. The standard InChI is InChI=1S/C34H52N8O8/c1-35-9-10-39-31(47)27(15-23(43)17-36-2)41-33(49)26-14-22-12-20(6-8-30(22)46)19-5-7-29(45)21(11-19)13-25(38-4)32(48)42-28(34(50)40-26)16-24(44)18-37-3/h5-8,11-12,23-28,35-38,43-46H,9-10,13-18H2,1-4H3,(H,39,47)(H,40,50)(H,41,49)(H,42,48)/t23-,24-,25+,26+,27+,28+/m1/s1. The molecule has 2 aromatic carbocycles. The van der Waals surface area contributed by atoms with Crippen molar-refractivity contribution in [1.29, 1.82) is 0 Å². The molecule has 0 fully saturated rings. The molecule has 0 radical (unpaired) electrons. The highest BCUT2D eigenvalue weighted by Crippen LogP contribution is 2.31. The van der Waals surface area contributed by atoms with Gasteiger partial charge in [0, 0.05) is 51.9 Å². The molecule has 12 N–H and O–H groups in total. The van der Waals surface area contributed by atoms with Crippen LogP contribution in [-0.4, -0.2) is 135 Å². The highest BCUT2D eigenvalue weighted by Gasteiger charge is 2.33. The van der Waals surface area contributed by atoms with Crippen LogP contribution in [0.4, 0.5) is 0 Å². The normalized spacial score (nSPS) is 19.9. The van der Waals surface area contributed by atoms with E-state index in [-0.39, 0.29) is 56.8 Å². The van der Waals surface area contributed by atoms with Gasteiger partial charge in [-0.2, -0.15) is 0 Å². The first-order valence-corrected chi connectivity index (χ1v) is 16.7. The third-order valence-electron chi connectivity index (χ3n) is 8.47. The molecule has 276 valence electrons. The Kier molecular flexibility index (Phi) is 15.9. The van der Waals surface area contributed by atoms with Crippen LogP contribution < -0.4 is 42.5 Å². The molecule has 3 rings (SSSR count). The number of phenolic OH excluding ortho intramolecular Hbond substituents is 2. The van der Waals surface area contributed by atoms with Gasteiger partial charge < -0.3 is 63.0 Å². The summed E-state index contributed by atoms with van der Waals surface area (Å²) < 4.78 is 0. The van der Waals surface area contributed by atoms with E-state index in [4.69, 9.17) is 0 Å². The Morgan fingerprint density at radius 2 is 1.40 bits per heavy atom. The van der Waals surface area contributed by atoms with Gasteiger partial charge in [0.2, 0.25) is 23.6 Å². The van der Waals surface area contributed by atoms with Crippen molar-refractivity contribution in [3.63, 3.8) is 0 Å². The largest absolute Gasteiger partial charge is 0.508 e. The van der Waals surface area contributed by atoms with Gasteiger partial charge in [-0.1, -0.05) is 12.1 Å². The van der Waals surface area contributed by atoms with E-state index >= 15 is 0 Å². The smallest absolute Gasteiger partial charge is 0.243 e. The van der Waals surface area contributed by atoms with Crippen molar-refractivity contribution in [3.05, 3.63) is 47.5 Å². The van der Waals surface area contributed by atoms with Crippen molar-refractivity contribution in [3.8, 4) is 22.6 Å². The van der Waals surface area contributed by atoms with E-state index in [0.29, 0.717) is 28.8 Å². The predicted octanol–water partition coefficient (Wildman–Crippen LogP) is -2.82. The quantitative estimate of drug-likeness (QED) is 0.0843. The number of aromatic hydroxyl groups is 2. The minimum Gasteiger partial charge on any atom is -0.508 e. The number of benzene rings is 2. The van der Waals surface area contributed by atoms with Gasteiger partial charge in [0.25, 0.3) is 0 Å². The predicted molar refractivity (Wildman–Crippen MR) is 187 cm³/mol. The van der Waals surface area contributed by atoms with Gasteiger partial charge in [-0.3, -0.25) is 19.2 Å². The Bertz CT molecular complexity index is 1460. The number of hydrogen-bond acceptors (Lipinski definition) is 12. The van der Waals surface area contributed by atoms with Crippen molar-refractivity contribution in [2.45, 2.75) is 62.1 Å². The number of fused-ring (bicyclic) bond motifs is 5.